The first-order chi connectivity index (χ1) is 12.0. The van der Waals surface area contributed by atoms with Gasteiger partial charge in [-0.15, -0.1) is 10.2 Å². The lowest BCUT2D eigenvalue weighted by molar-refractivity contribution is 0.0600. The van der Waals surface area contributed by atoms with Crippen LogP contribution in [0, 0.1) is 6.92 Å². The summed E-state index contributed by atoms with van der Waals surface area (Å²) in [6.07, 6.45) is 1.72. The number of aryl methyl sites for hydroxylation is 1. The van der Waals surface area contributed by atoms with Gasteiger partial charge in [0.05, 0.1) is 12.7 Å². The SMILES string of the molecule is COC(=O)c1ccccc1N=Nc1c(C(=O)O)nc2ccc(C)cn12. The summed E-state index contributed by atoms with van der Waals surface area (Å²) in [7, 11) is 1.27. The fourth-order valence-electron chi connectivity index (χ4n) is 2.32. The van der Waals surface area contributed by atoms with Gasteiger partial charge in [0.15, 0.2) is 11.5 Å². The number of aromatic carboxylic acids is 1. The van der Waals surface area contributed by atoms with E-state index in [1.165, 1.54) is 7.11 Å². The monoisotopic (exact) mass is 338 g/mol. The van der Waals surface area contributed by atoms with Crippen molar-refractivity contribution in [3.63, 3.8) is 0 Å². The molecule has 8 heteroatoms. The molecule has 0 aliphatic rings. The van der Waals surface area contributed by atoms with E-state index in [0.717, 1.165) is 5.56 Å². The highest BCUT2D eigenvalue weighted by Gasteiger charge is 2.19. The van der Waals surface area contributed by atoms with Gasteiger partial charge in [0.1, 0.15) is 11.3 Å². The molecule has 0 aliphatic carbocycles. The van der Waals surface area contributed by atoms with Crippen molar-refractivity contribution in [2.45, 2.75) is 6.92 Å². The van der Waals surface area contributed by atoms with Gasteiger partial charge in [-0.05, 0) is 30.7 Å². The molecule has 1 aromatic carbocycles. The number of nitrogens with zero attached hydrogens (tertiary/aromatic N) is 4. The minimum atomic E-state index is -1.21. The van der Waals surface area contributed by atoms with Gasteiger partial charge in [-0.25, -0.2) is 14.6 Å². The van der Waals surface area contributed by atoms with E-state index in [2.05, 4.69) is 15.2 Å². The van der Waals surface area contributed by atoms with Crippen molar-refractivity contribution < 1.29 is 19.4 Å². The van der Waals surface area contributed by atoms with Crippen molar-refractivity contribution in [2.24, 2.45) is 10.2 Å². The summed E-state index contributed by atoms with van der Waals surface area (Å²) in [5, 5.41) is 17.4. The molecule has 1 N–H and O–H groups in total. The molecule has 2 aromatic heterocycles. The first-order valence-electron chi connectivity index (χ1n) is 7.32. The van der Waals surface area contributed by atoms with Crippen LogP contribution in [0.3, 0.4) is 0 Å². The second kappa shape index (κ2) is 6.52. The molecule has 2 heterocycles. The first-order valence-corrected chi connectivity index (χ1v) is 7.32. The van der Waals surface area contributed by atoms with Gasteiger partial charge in [0.2, 0.25) is 0 Å². The van der Waals surface area contributed by atoms with E-state index in [-0.39, 0.29) is 22.8 Å². The van der Waals surface area contributed by atoms with Crippen molar-refractivity contribution in [1.82, 2.24) is 9.38 Å². The van der Waals surface area contributed by atoms with Crippen molar-refractivity contribution in [3.05, 3.63) is 59.4 Å². The second-order valence-corrected chi connectivity index (χ2v) is 5.23. The number of ether oxygens (including phenoxy) is 1. The first kappa shape index (κ1) is 16.3. The van der Waals surface area contributed by atoms with Crippen LogP contribution in [0.5, 0.6) is 0 Å². The maximum Gasteiger partial charge on any atom is 0.358 e. The number of imidazole rings is 1. The predicted octanol–water partition coefficient (Wildman–Crippen LogP) is 3.54. The fourth-order valence-corrected chi connectivity index (χ4v) is 2.32. The molecule has 0 aliphatic heterocycles. The quantitative estimate of drug-likeness (QED) is 0.578. The Balaban J connectivity index is 2.14. The molecule has 0 bridgehead atoms. The highest BCUT2D eigenvalue weighted by molar-refractivity contribution is 5.95. The van der Waals surface area contributed by atoms with Crippen LogP contribution < -0.4 is 0 Å². The van der Waals surface area contributed by atoms with E-state index in [9.17, 15) is 14.7 Å². The molecule has 0 fully saturated rings. The number of hydrogen-bond donors (Lipinski definition) is 1. The topological polar surface area (TPSA) is 106 Å². The summed E-state index contributed by atoms with van der Waals surface area (Å²) in [4.78, 5) is 27.3. The minimum Gasteiger partial charge on any atom is -0.476 e. The summed E-state index contributed by atoms with van der Waals surface area (Å²) >= 11 is 0. The molecule has 0 saturated carbocycles. The lowest BCUT2D eigenvalue weighted by Crippen LogP contribution is -2.00. The summed E-state index contributed by atoms with van der Waals surface area (Å²) in [5.41, 5.74) is 1.64. The highest BCUT2D eigenvalue weighted by atomic mass is 16.5. The predicted molar refractivity (Wildman–Crippen MR) is 88.8 cm³/mol. The zero-order valence-corrected chi connectivity index (χ0v) is 13.5. The molecule has 3 aromatic rings. The third-order valence-electron chi connectivity index (χ3n) is 3.51. The Bertz CT molecular complexity index is 1010. The summed E-state index contributed by atoms with van der Waals surface area (Å²) in [6, 6.07) is 10.0. The molecule has 0 radical (unpaired) electrons. The normalized spacial score (nSPS) is 11.1. The Morgan fingerprint density at radius 3 is 2.64 bits per heavy atom. The Kier molecular flexibility index (Phi) is 4.25. The van der Waals surface area contributed by atoms with Gasteiger partial charge in [-0.2, -0.15) is 0 Å². The lowest BCUT2D eigenvalue weighted by atomic mass is 10.2. The van der Waals surface area contributed by atoms with Gasteiger partial charge in [-0.1, -0.05) is 18.2 Å². The number of fused-ring (bicyclic) bond motifs is 1. The maximum absolute atomic E-state index is 11.8. The lowest BCUT2D eigenvalue weighted by Gasteiger charge is -2.02. The van der Waals surface area contributed by atoms with E-state index in [4.69, 9.17) is 4.74 Å². The average Bonchev–Trinajstić information content (AvgIpc) is 2.97. The number of methoxy groups -OCH3 is 1. The molecule has 126 valence electrons. The number of carboxylic acids is 1. The zero-order chi connectivity index (χ0) is 18.0. The van der Waals surface area contributed by atoms with Gasteiger partial charge in [0, 0.05) is 6.20 Å². The van der Waals surface area contributed by atoms with Crippen LogP contribution in [0.4, 0.5) is 11.5 Å². The van der Waals surface area contributed by atoms with Crippen LogP contribution in [-0.2, 0) is 4.74 Å². The van der Waals surface area contributed by atoms with E-state index in [1.54, 1.807) is 40.9 Å². The summed E-state index contributed by atoms with van der Waals surface area (Å²) in [6.45, 7) is 1.87. The Hall–Kier alpha value is -3.55. The van der Waals surface area contributed by atoms with E-state index >= 15 is 0 Å². The molecular weight excluding hydrogens is 324 g/mol. The van der Waals surface area contributed by atoms with Gasteiger partial charge in [-0.3, -0.25) is 4.40 Å². The van der Waals surface area contributed by atoms with E-state index < -0.39 is 11.9 Å². The largest absolute Gasteiger partial charge is 0.476 e. The molecule has 3 rings (SSSR count). The second-order valence-electron chi connectivity index (χ2n) is 5.23. The van der Waals surface area contributed by atoms with Crippen molar-refractivity contribution in [1.29, 1.82) is 0 Å². The maximum atomic E-state index is 11.8. The fraction of sp³-hybridized carbons (Fsp3) is 0.118. The van der Waals surface area contributed by atoms with Gasteiger partial charge >= 0.3 is 11.9 Å². The number of esters is 1. The van der Waals surface area contributed by atoms with Gasteiger partial charge in [0.25, 0.3) is 0 Å². The van der Waals surface area contributed by atoms with Crippen LogP contribution in [0.2, 0.25) is 0 Å². The number of azo groups is 1. The molecule has 8 nitrogen and oxygen atoms in total. The third-order valence-corrected chi connectivity index (χ3v) is 3.51. The molecular formula is C17H14N4O4. The van der Waals surface area contributed by atoms with Crippen molar-refractivity contribution in [2.75, 3.05) is 7.11 Å². The number of aromatic nitrogens is 2. The van der Waals surface area contributed by atoms with Crippen LogP contribution in [0.15, 0.2) is 52.8 Å². The third kappa shape index (κ3) is 3.09. The molecule has 0 unspecified atom stereocenters. The summed E-state index contributed by atoms with van der Waals surface area (Å²) < 4.78 is 6.25. The van der Waals surface area contributed by atoms with Crippen LogP contribution in [0.25, 0.3) is 5.65 Å². The molecule has 0 amide bonds. The number of rotatable bonds is 4. The van der Waals surface area contributed by atoms with Crippen molar-refractivity contribution in [3.8, 4) is 0 Å². The summed E-state index contributed by atoms with van der Waals surface area (Å²) in [5.74, 6) is -1.69. The highest BCUT2D eigenvalue weighted by Crippen LogP contribution is 2.26. The smallest absolute Gasteiger partial charge is 0.358 e. The molecule has 0 saturated heterocycles. The molecule has 25 heavy (non-hydrogen) atoms. The molecule has 0 spiro atoms. The van der Waals surface area contributed by atoms with Crippen LogP contribution in [-0.4, -0.2) is 33.5 Å². The van der Waals surface area contributed by atoms with E-state index in [1.807, 2.05) is 13.0 Å². The Labute approximate surface area is 142 Å². The number of carbonyl (C=O) groups excluding carboxylic acids is 1. The average molecular weight is 338 g/mol. The van der Waals surface area contributed by atoms with Crippen molar-refractivity contribution >= 4 is 29.1 Å². The molecule has 0 atom stereocenters. The minimum absolute atomic E-state index is 0.0749. The number of carbonyl (C=O) groups is 2. The number of hydrogen-bond acceptors (Lipinski definition) is 6. The Morgan fingerprint density at radius 1 is 1.16 bits per heavy atom. The van der Waals surface area contributed by atoms with Crippen LogP contribution >= 0.6 is 0 Å². The number of carboxylic acid groups (broad SMARTS) is 1. The van der Waals surface area contributed by atoms with E-state index in [0.29, 0.717) is 5.65 Å². The Morgan fingerprint density at radius 2 is 1.92 bits per heavy atom. The number of pyridine rings is 1. The standard InChI is InChI=1S/C17H14N4O4/c1-10-7-8-13-18-14(16(22)23)15(21(13)9-10)20-19-12-6-4-3-5-11(12)17(24)25-2/h3-9H,1-2H3,(H,22,23). The van der Waals surface area contributed by atoms with Crippen LogP contribution in [0.1, 0.15) is 26.4 Å². The zero-order valence-electron chi connectivity index (χ0n) is 13.5. The van der Waals surface area contributed by atoms with Gasteiger partial charge < -0.3 is 9.84 Å². The number of benzene rings is 1.